The molecule has 0 radical (unpaired) electrons. The average Bonchev–Trinajstić information content (AvgIpc) is 2.57. The molecule has 7 nitrogen and oxygen atoms in total. The number of piperidine rings is 2. The van der Waals surface area contributed by atoms with Crippen LogP contribution in [0.4, 0.5) is 14.5 Å². The normalized spacial score (nSPS) is 25.7. The number of carbonyl (C=O) groups is 1. The third-order valence-electron chi connectivity index (χ3n) is 5.43. The van der Waals surface area contributed by atoms with Gasteiger partial charge in [-0.25, -0.2) is 8.78 Å². The van der Waals surface area contributed by atoms with Crippen LogP contribution >= 0.6 is 0 Å². The second-order valence-electron chi connectivity index (χ2n) is 7.53. The van der Waals surface area contributed by atoms with Gasteiger partial charge < -0.3 is 10.0 Å². The fourth-order valence-corrected chi connectivity index (χ4v) is 4.37. The van der Waals surface area contributed by atoms with Gasteiger partial charge >= 0.3 is 5.69 Å². The van der Waals surface area contributed by atoms with E-state index in [4.69, 9.17) is 0 Å². The summed E-state index contributed by atoms with van der Waals surface area (Å²) in [6.45, 7) is 2.68. The number of hydrogen-bond donors (Lipinski definition) is 1. The molecule has 9 heteroatoms. The van der Waals surface area contributed by atoms with E-state index in [1.54, 1.807) is 4.90 Å². The number of nitro groups is 1. The van der Waals surface area contributed by atoms with Crippen LogP contribution in [0.2, 0.25) is 0 Å². The van der Waals surface area contributed by atoms with Crippen LogP contribution < -0.4 is 0 Å². The molecule has 2 saturated heterocycles. The molecule has 27 heavy (non-hydrogen) atoms. The van der Waals surface area contributed by atoms with Crippen molar-refractivity contribution in [1.29, 1.82) is 0 Å². The van der Waals surface area contributed by atoms with E-state index in [0.29, 0.717) is 31.5 Å². The van der Waals surface area contributed by atoms with Crippen molar-refractivity contribution in [2.75, 3.05) is 26.2 Å². The van der Waals surface area contributed by atoms with Crippen LogP contribution in [0.3, 0.4) is 0 Å². The number of aromatic hydroxyl groups is 1. The number of rotatable bonds is 4. The lowest BCUT2D eigenvalue weighted by atomic mass is 9.71. The number of phenols is 1. The largest absolute Gasteiger partial charge is 0.502 e. The third-order valence-corrected chi connectivity index (χ3v) is 5.43. The van der Waals surface area contributed by atoms with Crippen molar-refractivity contribution in [2.24, 2.45) is 5.41 Å². The predicted molar refractivity (Wildman–Crippen MR) is 93.5 cm³/mol. The highest BCUT2D eigenvalue weighted by atomic mass is 19.3. The Morgan fingerprint density at radius 1 is 1.33 bits per heavy atom. The highest BCUT2D eigenvalue weighted by Gasteiger charge is 2.54. The third kappa shape index (κ3) is 3.87. The number of carbonyl (C=O) groups excluding carboxylic acids is 1. The summed E-state index contributed by atoms with van der Waals surface area (Å²) < 4.78 is 29.0. The summed E-state index contributed by atoms with van der Waals surface area (Å²) in [5.41, 5.74) is -1.13. The predicted octanol–water partition coefficient (Wildman–Crippen LogP) is 2.77. The maximum atomic E-state index is 14.5. The van der Waals surface area contributed by atoms with Gasteiger partial charge in [0.25, 0.3) is 5.92 Å². The molecule has 1 atom stereocenters. The number of nitro benzene ring substituents is 1. The number of phenolic OH excluding ortho intramolecular Hbond substituents is 1. The SMILES string of the molecule is CCN1CCC[C@]2(CN(Cc3ccc(O)c([N+](=O)[O-])c3)CC(F)(F)C2)C1=O. The zero-order chi connectivity index (χ0) is 19.8. The smallest absolute Gasteiger partial charge is 0.311 e. The van der Waals surface area contributed by atoms with Crippen molar-refractivity contribution in [3.8, 4) is 5.75 Å². The summed E-state index contributed by atoms with van der Waals surface area (Å²) in [4.78, 5) is 26.3. The van der Waals surface area contributed by atoms with E-state index < -0.39 is 40.7 Å². The summed E-state index contributed by atoms with van der Waals surface area (Å²) >= 11 is 0. The molecule has 2 heterocycles. The van der Waals surface area contributed by atoms with Crippen LogP contribution in [-0.4, -0.2) is 57.8 Å². The molecular weight excluding hydrogens is 360 g/mol. The maximum absolute atomic E-state index is 14.5. The molecule has 1 aromatic rings. The molecule has 0 bridgehead atoms. The van der Waals surface area contributed by atoms with E-state index in [1.807, 2.05) is 6.92 Å². The average molecular weight is 383 g/mol. The van der Waals surface area contributed by atoms with E-state index in [2.05, 4.69) is 0 Å². The molecule has 0 aromatic heterocycles. The van der Waals surface area contributed by atoms with Crippen molar-refractivity contribution < 1.29 is 23.6 Å². The Morgan fingerprint density at radius 2 is 2.07 bits per heavy atom. The van der Waals surface area contributed by atoms with Crippen LogP contribution in [-0.2, 0) is 11.3 Å². The molecule has 1 amide bonds. The van der Waals surface area contributed by atoms with Crippen LogP contribution in [0, 0.1) is 15.5 Å². The van der Waals surface area contributed by atoms with Gasteiger partial charge in [-0.2, -0.15) is 0 Å². The van der Waals surface area contributed by atoms with Gasteiger partial charge in [-0.3, -0.25) is 19.8 Å². The molecule has 1 N–H and O–H groups in total. The maximum Gasteiger partial charge on any atom is 0.311 e. The van der Waals surface area contributed by atoms with Crippen LogP contribution in [0.5, 0.6) is 5.75 Å². The van der Waals surface area contributed by atoms with Crippen molar-refractivity contribution in [3.05, 3.63) is 33.9 Å². The second-order valence-corrected chi connectivity index (χ2v) is 7.53. The fraction of sp³-hybridized carbons (Fsp3) is 0.611. The molecule has 2 fully saturated rings. The minimum atomic E-state index is -3.01. The minimum absolute atomic E-state index is 0.0534. The second kappa shape index (κ2) is 7.03. The molecule has 0 unspecified atom stereocenters. The molecule has 1 spiro atoms. The summed E-state index contributed by atoms with van der Waals surface area (Å²) in [5, 5.41) is 20.5. The van der Waals surface area contributed by atoms with Gasteiger partial charge in [-0.05, 0) is 31.4 Å². The zero-order valence-electron chi connectivity index (χ0n) is 15.2. The van der Waals surface area contributed by atoms with Crippen LogP contribution in [0.15, 0.2) is 18.2 Å². The summed E-state index contributed by atoms with van der Waals surface area (Å²) in [6, 6.07) is 3.86. The summed E-state index contributed by atoms with van der Waals surface area (Å²) in [5.74, 6) is -3.70. The first-order chi connectivity index (χ1) is 12.7. The first kappa shape index (κ1) is 19.5. The molecule has 0 saturated carbocycles. The molecule has 0 aliphatic carbocycles. The Kier molecular flexibility index (Phi) is 5.07. The Bertz CT molecular complexity index is 758. The lowest BCUT2D eigenvalue weighted by Crippen LogP contribution is -2.60. The monoisotopic (exact) mass is 383 g/mol. The van der Waals surface area contributed by atoms with E-state index in [9.17, 15) is 28.8 Å². The van der Waals surface area contributed by atoms with E-state index in [0.717, 1.165) is 0 Å². The van der Waals surface area contributed by atoms with E-state index in [-0.39, 0.29) is 19.0 Å². The Labute approximate surface area is 155 Å². The van der Waals surface area contributed by atoms with E-state index >= 15 is 0 Å². The molecule has 3 rings (SSSR count). The number of alkyl halides is 2. The Balaban J connectivity index is 1.85. The van der Waals surface area contributed by atoms with Crippen molar-refractivity contribution >= 4 is 11.6 Å². The zero-order valence-corrected chi connectivity index (χ0v) is 15.2. The van der Waals surface area contributed by atoms with E-state index in [1.165, 1.54) is 23.1 Å². The van der Waals surface area contributed by atoms with Gasteiger partial charge in [0.2, 0.25) is 5.91 Å². The number of nitrogens with zero attached hydrogens (tertiary/aromatic N) is 3. The fourth-order valence-electron chi connectivity index (χ4n) is 4.37. The molecule has 2 aliphatic rings. The topological polar surface area (TPSA) is 86.9 Å². The van der Waals surface area contributed by atoms with Gasteiger partial charge in [-0.15, -0.1) is 0 Å². The lowest BCUT2D eigenvalue weighted by Gasteiger charge is -2.49. The molecule has 2 aliphatic heterocycles. The van der Waals surface area contributed by atoms with Gasteiger partial charge in [0.15, 0.2) is 5.75 Å². The van der Waals surface area contributed by atoms with Gasteiger partial charge in [0.1, 0.15) is 0 Å². The minimum Gasteiger partial charge on any atom is -0.502 e. The van der Waals surface area contributed by atoms with Crippen LogP contribution in [0.25, 0.3) is 0 Å². The van der Waals surface area contributed by atoms with Gasteiger partial charge in [0.05, 0.1) is 16.9 Å². The first-order valence-electron chi connectivity index (χ1n) is 9.02. The molecule has 148 valence electrons. The Morgan fingerprint density at radius 3 is 2.74 bits per heavy atom. The molecule has 1 aromatic carbocycles. The number of amides is 1. The number of benzene rings is 1. The first-order valence-corrected chi connectivity index (χ1v) is 9.02. The van der Waals surface area contributed by atoms with Crippen molar-refractivity contribution in [1.82, 2.24) is 9.80 Å². The quantitative estimate of drug-likeness (QED) is 0.638. The lowest BCUT2D eigenvalue weighted by molar-refractivity contribution is -0.385. The molecular formula is C18H23F2N3O4. The van der Waals surface area contributed by atoms with Crippen LogP contribution in [0.1, 0.15) is 31.7 Å². The number of halogens is 2. The highest BCUT2D eigenvalue weighted by Crippen LogP contribution is 2.45. The van der Waals surface area contributed by atoms with Gasteiger partial charge in [-0.1, -0.05) is 6.07 Å². The van der Waals surface area contributed by atoms with Crippen molar-refractivity contribution in [2.45, 2.75) is 38.7 Å². The van der Waals surface area contributed by atoms with Crippen molar-refractivity contribution in [3.63, 3.8) is 0 Å². The highest BCUT2D eigenvalue weighted by molar-refractivity contribution is 5.84. The summed E-state index contributed by atoms with van der Waals surface area (Å²) in [6.07, 6.45) is 0.653. The standard InChI is InChI=1S/C18H23F2N3O4/c1-2-22-7-3-6-17(16(22)25)10-18(19,20)12-21(11-17)9-13-4-5-15(24)14(8-13)23(26)27/h4-5,8,24H,2-3,6-7,9-12H2,1H3/t17-/m0/s1. The Hall–Kier alpha value is -2.29. The van der Waals surface area contributed by atoms with Gasteiger partial charge in [0, 0.05) is 38.7 Å². The summed E-state index contributed by atoms with van der Waals surface area (Å²) in [7, 11) is 0. The number of likely N-dealkylation sites (tertiary alicyclic amines) is 2. The number of hydrogen-bond acceptors (Lipinski definition) is 5.